The van der Waals surface area contributed by atoms with E-state index >= 15 is 0 Å². The lowest BCUT2D eigenvalue weighted by Gasteiger charge is -2.43. The second-order valence-electron chi connectivity index (χ2n) is 6.07. The van der Waals surface area contributed by atoms with Crippen LogP contribution in [0.4, 0.5) is 0 Å². The molecule has 1 aliphatic rings. The Morgan fingerprint density at radius 3 is 2.30 bits per heavy atom. The highest BCUT2D eigenvalue weighted by molar-refractivity contribution is 5.76. The normalized spacial score (nSPS) is 29.4. The van der Waals surface area contributed by atoms with Crippen molar-refractivity contribution in [3.05, 3.63) is 0 Å². The Bertz CT molecular complexity index is 338. The van der Waals surface area contributed by atoms with Crippen LogP contribution in [0.3, 0.4) is 0 Å². The Labute approximate surface area is 138 Å². The van der Waals surface area contributed by atoms with Crippen LogP contribution in [0.5, 0.6) is 0 Å². The second kappa shape index (κ2) is 8.17. The van der Waals surface area contributed by atoms with E-state index in [1.165, 1.54) is 0 Å². The van der Waals surface area contributed by atoms with E-state index in [1.807, 2.05) is 13.8 Å². The molecule has 1 heterocycles. The Morgan fingerprint density at radius 2 is 1.85 bits per heavy atom. The van der Waals surface area contributed by atoms with Gasteiger partial charge in [0.05, 0.1) is 45.1 Å². The van der Waals surface area contributed by atoms with Crippen molar-refractivity contribution < 1.29 is 47.9 Å². The summed E-state index contributed by atoms with van der Waals surface area (Å²) in [4.78, 5) is 22.5. The van der Waals surface area contributed by atoms with E-state index in [4.69, 9.17) is 9.84 Å². The lowest BCUT2D eigenvalue weighted by molar-refractivity contribution is -0.916. The lowest BCUT2D eigenvalue weighted by Crippen LogP contribution is -3.00. The average molecular weight is 399 g/mol. The van der Waals surface area contributed by atoms with Crippen molar-refractivity contribution in [1.82, 2.24) is 0 Å². The molecule has 0 aromatic heterocycles. The molecule has 1 saturated heterocycles. The molecule has 1 aliphatic heterocycles. The number of piperidine rings is 1. The second-order valence-corrected chi connectivity index (χ2v) is 6.07. The van der Waals surface area contributed by atoms with Crippen LogP contribution in [0.2, 0.25) is 0 Å². The molecule has 0 aromatic rings. The summed E-state index contributed by atoms with van der Waals surface area (Å²) in [7, 11) is 2.15. The molecule has 0 bridgehead atoms. The van der Waals surface area contributed by atoms with Crippen LogP contribution in [0.1, 0.15) is 39.5 Å². The predicted molar refractivity (Wildman–Crippen MR) is 71.6 cm³/mol. The van der Waals surface area contributed by atoms with Crippen molar-refractivity contribution in [2.45, 2.75) is 39.5 Å². The van der Waals surface area contributed by atoms with Gasteiger partial charge in [-0.25, -0.2) is 0 Å². The third kappa shape index (κ3) is 5.55. The summed E-state index contributed by atoms with van der Waals surface area (Å²) in [5, 5.41) is 8.67. The first-order chi connectivity index (χ1) is 8.81. The van der Waals surface area contributed by atoms with Crippen LogP contribution in [-0.4, -0.2) is 54.8 Å². The van der Waals surface area contributed by atoms with Gasteiger partial charge in [-0.15, -0.1) is 0 Å². The highest BCUT2D eigenvalue weighted by Gasteiger charge is 2.43. The van der Waals surface area contributed by atoms with Crippen molar-refractivity contribution in [2.75, 3.05) is 33.3 Å². The molecule has 0 radical (unpaired) electrons. The standard InChI is InChI=1S/C14H25NO4.HI/c1-4-19-13(18)14(2)7-10-15(3,11-8-14)9-5-6-12(16)17;/h4-11H2,1-3H3;1H. The van der Waals surface area contributed by atoms with Gasteiger partial charge in [0.1, 0.15) is 0 Å². The first-order valence-electron chi connectivity index (χ1n) is 7.04. The summed E-state index contributed by atoms with van der Waals surface area (Å²) in [5.74, 6) is -0.827. The van der Waals surface area contributed by atoms with Crippen molar-refractivity contribution in [3.8, 4) is 0 Å². The van der Waals surface area contributed by atoms with Crippen LogP contribution < -0.4 is 24.0 Å². The number of hydrogen-bond acceptors (Lipinski definition) is 3. The molecule has 0 spiro atoms. The van der Waals surface area contributed by atoms with E-state index < -0.39 is 5.97 Å². The number of carboxylic acid groups (broad SMARTS) is 1. The average Bonchev–Trinajstić information content (AvgIpc) is 2.33. The van der Waals surface area contributed by atoms with Gasteiger partial charge in [0.2, 0.25) is 0 Å². The number of aliphatic carboxylic acids is 1. The number of nitrogens with zero attached hydrogens (tertiary/aromatic N) is 1. The maximum atomic E-state index is 11.9. The number of hydrogen-bond donors (Lipinski definition) is 1. The maximum absolute atomic E-state index is 11.9. The summed E-state index contributed by atoms with van der Waals surface area (Å²) < 4.78 is 6.00. The SMILES string of the molecule is CCOC(=O)C1(C)CC[N+](C)(CCCC(=O)O)CC1.[I-]. The van der Waals surface area contributed by atoms with Gasteiger partial charge in [0.15, 0.2) is 0 Å². The quantitative estimate of drug-likeness (QED) is 0.342. The van der Waals surface area contributed by atoms with Gasteiger partial charge in [0, 0.05) is 19.3 Å². The third-order valence-corrected chi connectivity index (χ3v) is 4.26. The minimum atomic E-state index is -0.736. The predicted octanol–water partition coefficient (Wildman–Crippen LogP) is -1.33. The fraction of sp³-hybridized carbons (Fsp3) is 0.857. The van der Waals surface area contributed by atoms with Gasteiger partial charge < -0.3 is 38.3 Å². The number of carboxylic acids is 1. The highest BCUT2D eigenvalue weighted by Crippen LogP contribution is 2.34. The van der Waals surface area contributed by atoms with Crippen molar-refractivity contribution >= 4 is 11.9 Å². The van der Waals surface area contributed by atoms with E-state index in [-0.39, 0.29) is 41.8 Å². The van der Waals surface area contributed by atoms with Gasteiger partial charge in [-0.05, 0) is 13.8 Å². The minimum absolute atomic E-state index is 0. The van der Waals surface area contributed by atoms with E-state index in [2.05, 4.69) is 7.05 Å². The number of carbonyl (C=O) groups is 2. The number of quaternary nitrogens is 1. The maximum Gasteiger partial charge on any atom is 0.312 e. The van der Waals surface area contributed by atoms with E-state index in [9.17, 15) is 9.59 Å². The van der Waals surface area contributed by atoms with E-state index in [0.717, 1.165) is 37.0 Å². The molecule has 1 fully saturated rings. The third-order valence-electron chi connectivity index (χ3n) is 4.26. The number of halogens is 1. The van der Waals surface area contributed by atoms with Gasteiger partial charge in [-0.1, -0.05) is 0 Å². The zero-order chi connectivity index (χ0) is 14.5. The number of rotatable bonds is 6. The molecule has 0 saturated carbocycles. The monoisotopic (exact) mass is 399 g/mol. The molecular weight excluding hydrogens is 373 g/mol. The largest absolute Gasteiger partial charge is 1.00 e. The first kappa shape index (κ1) is 19.6. The zero-order valence-electron chi connectivity index (χ0n) is 12.7. The van der Waals surface area contributed by atoms with Gasteiger partial charge in [-0.3, -0.25) is 9.59 Å². The van der Waals surface area contributed by atoms with Crippen molar-refractivity contribution in [1.29, 1.82) is 0 Å². The lowest BCUT2D eigenvalue weighted by atomic mass is 9.79. The molecule has 118 valence electrons. The molecule has 20 heavy (non-hydrogen) atoms. The number of carbonyl (C=O) groups excluding carboxylic acids is 1. The molecule has 1 rings (SSSR count). The van der Waals surface area contributed by atoms with Crippen LogP contribution in [0.15, 0.2) is 0 Å². The number of esters is 1. The molecule has 0 amide bonds. The van der Waals surface area contributed by atoms with Crippen LogP contribution in [0.25, 0.3) is 0 Å². The summed E-state index contributed by atoms with van der Waals surface area (Å²) in [6.07, 6.45) is 2.55. The molecule has 0 aliphatic carbocycles. The molecule has 0 atom stereocenters. The van der Waals surface area contributed by atoms with Crippen LogP contribution >= 0.6 is 0 Å². The molecule has 1 N–H and O–H groups in total. The van der Waals surface area contributed by atoms with E-state index in [1.54, 1.807) is 0 Å². The molecule has 6 heteroatoms. The first-order valence-corrected chi connectivity index (χ1v) is 7.04. The van der Waals surface area contributed by atoms with Crippen molar-refractivity contribution in [2.24, 2.45) is 5.41 Å². The fourth-order valence-corrected chi connectivity index (χ4v) is 2.62. The summed E-state index contributed by atoms with van der Waals surface area (Å²) in [6.45, 7) is 6.93. The van der Waals surface area contributed by atoms with Gasteiger partial charge in [0.25, 0.3) is 0 Å². The van der Waals surface area contributed by atoms with Crippen LogP contribution in [0, 0.1) is 5.41 Å². The summed E-state index contributed by atoms with van der Waals surface area (Å²) in [6, 6.07) is 0. The van der Waals surface area contributed by atoms with Crippen LogP contribution in [-0.2, 0) is 14.3 Å². The highest BCUT2D eigenvalue weighted by atomic mass is 127. The summed E-state index contributed by atoms with van der Waals surface area (Å²) in [5.41, 5.74) is -0.361. The van der Waals surface area contributed by atoms with E-state index in [0.29, 0.717) is 13.0 Å². The fourth-order valence-electron chi connectivity index (χ4n) is 2.62. The Kier molecular flexibility index (Phi) is 8.01. The summed E-state index contributed by atoms with van der Waals surface area (Å²) >= 11 is 0. The smallest absolute Gasteiger partial charge is 0.312 e. The zero-order valence-corrected chi connectivity index (χ0v) is 14.8. The molecular formula is C14H26INO4. The molecule has 0 unspecified atom stereocenters. The van der Waals surface area contributed by atoms with Crippen molar-refractivity contribution in [3.63, 3.8) is 0 Å². The number of ether oxygens (including phenoxy) is 1. The van der Waals surface area contributed by atoms with Gasteiger partial charge >= 0.3 is 11.9 Å². The van der Waals surface area contributed by atoms with Gasteiger partial charge in [-0.2, -0.15) is 0 Å². The number of likely N-dealkylation sites (tertiary alicyclic amines) is 1. The topological polar surface area (TPSA) is 63.6 Å². The minimum Gasteiger partial charge on any atom is -1.00 e. The molecule has 0 aromatic carbocycles. The Morgan fingerprint density at radius 1 is 1.30 bits per heavy atom. The Balaban J connectivity index is 0.00000361. The molecule has 5 nitrogen and oxygen atoms in total. The Hall–Kier alpha value is -0.370.